The summed E-state index contributed by atoms with van der Waals surface area (Å²) in [7, 11) is 0. The number of amides is 3. The van der Waals surface area contributed by atoms with Gasteiger partial charge in [0.25, 0.3) is 17.7 Å². The van der Waals surface area contributed by atoms with Gasteiger partial charge in [-0.2, -0.15) is 5.10 Å². The molecule has 0 aromatic heterocycles. The average Bonchev–Trinajstić information content (AvgIpc) is 2.89. The molecule has 9 nitrogen and oxygen atoms in total. The van der Waals surface area contributed by atoms with Crippen molar-refractivity contribution in [3.63, 3.8) is 0 Å². The summed E-state index contributed by atoms with van der Waals surface area (Å²) in [5.74, 6) is -0.852. The van der Waals surface area contributed by atoms with Gasteiger partial charge in [0.1, 0.15) is 17.5 Å². The van der Waals surface area contributed by atoms with Crippen LogP contribution in [0.5, 0.6) is 11.5 Å². The molecule has 3 rings (SSSR count). The van der Waals surface area contributed by atoms with Crippen LogP contribution in [0.15, 0.2) is 77.9 Å². The quantitative estimate of drug-likeness (QED) is 0.232. The molecule has 0 radical (unpaired) electrons. The lowest BCUT2D eigenvalue weighted by molar-refractivity contribution is -0.132. The van der Waals surface area contributed by atoms with E-state index in [1.54, 1.807) is 43.3 Å². The smallest absolute Gasteiger partial charge is 0.262 e. The molecule has 4 N–H and O–H groups in total. The zero-order chi connectivity index (χ0) is 27.5. The standard InChI is InChI=1S/C27H26Cl2N4O5/c1-17(38-24-12-9-20(28)14-22(24)29)26(35)32-23(13-18-5-3-2-4-6-18)27(36)33-31-15-19-7-10-21(11-8-19)37-16-25(30)34/h2-12,14-15,17,23H,13,16H2,1H3,(H2,30,34)(H,32,35)(H,33,36)/b31-15-/t17-,23+/m1/s1. The van der Waals surface area contributed by atoms with E-state index in [-0.39, 0.29) is 18.1 Å². The van der Waals surface area contributed by atoms with Crippen LogP contribution in [0.4, 0.5) is 0 Å². The van der Waals surface area contributed by atoms with Crippen molar-refractivity contribution in [2.45, 2.75) is 25.5 Å². The van der Waals surface area contributed by atoms with Crippen LogP contribution in [-0.4, -0.2) is 42.7 Å². The van der Waals surface area contributed by atoms with E-state index in [1.807, 2.05) is 30.3 Å². The number of nitrogens with one attached hydrogen (secondary N) is 2. The maximum Gasteiger partial charge on any atom is 0.262 e. The molecule has 0 unspecified atom stereocenters. The number of nitrogens with two attached hydrogens (primary N) is 1. The average molecular weight is 557 g/mol. The summed E-state index contributed by atoms with van der Waals surface area (Å²) in [4.78, 5) is 36.7. The number of benzene rings is 3. The van der Waals surface area contributed by atoms with E-state index in [1.165, 1.54) is 12.3 Å². The number of primary amides is 1. The predicted molar refractivity (Wildman–Crippen MR) is 145 cm³/mol. The molecule has 0 aliphatic rings. The minimum Gasteiger partial charge on any atom is -0.484 e. The Morgan fingerprint density at radius 2 is 1.71 bits per heavy atom. The molecule has 3 amide bonds. The zero-order valence-corrected chi connectivity index (χ0v) is 21.9. The first-order valence-corrected chi connectivity index (χ1v) is 12.3. The van der Waals surface area contributed by atoms with Crippen molar-refractivity contribution in [3.8, 4) is 11.5 Å². The number of carbonyl (C=O) groups excluding carboxylic acids is 3. The molecule has 0 aliphatic heterocycles. The van der Waals surface area contributed by atoms with Gasteiger partial charge in [-0.3, -0.25) is 14.4 Å². The molecular weight excluding hydrogens is 531 g/mol. The van der Waals surface area contributed by atoms with E-state index in [0.717, 1.165) is 5.56 Å². The van der Waals surface area contributed by atoms with E-state index in [2.05, 4.69) is 15.8 Å². The highest BCUT2D eigenvalue weighted by molar-refractivity contribution is 6.35. The van der Waals surface area contributed by atoms with Crippen LogP contribution in [0.25, 0.3) is 0 Å². The van der Waals surface area contributed by atoms with Gasteiger partial charge in [-0.05, 0) is 60.5 Å². The summed E-state index contributed by atoms with van der Waals surface area (Å²) < 4.78 is 10.9. The molecule has 3 aromatic carbocycles. The van der Waals surface area contributed by atoms with Crippen LogP contribution in [-0.2, 0) is 20.8 Å². The van der Waals surface area contributed by atoms with Crippen molar-refractivity contribution >= 4 is 47.1 Å². The van der Waals surface area contributed by atoms with Crippen LogP contribution >= 0.6 is 23.2 Å². The Morgan fingerprint density at radius 3 is 2.37 bits per heavy atom. The van der Waals surface area contributed by atoms with E-state index in [4.69, 9.17) is 38.4 Å². The van der Waals surface area contributed by atoms with Crippen LogP contribution in [0.1, 0.15) is 18.1 Å². The third-order valence-electron chi connectivity index (χ3n) is 5.13. The number of rotatable bonds is 12. The highest BCUT2D eigenvalue weighted by Gasteiger charge is 2.25. The van der Waals surface area contributed by atoms with Crippen molar-refractivity contribution in [1.82, 2.24) is 10.7 Å². The molecule has 0 aliphatic carbocycles. The van der Waals surface area contributed by atoms with Gasteiger partial charge in [0.05, 0.1) is 11.2 Å². The molecule has 38 heavy (non-hydrogen) atoms. The van der Waals surface area contributed by atoms with Crippen LogP contribution in [0.2, 0.25) is 10.0 Å². The SMILES string of the molecule is C[C@@H](Oc1ccc(Cl)cc1Cl)C(=O)N[C@@H](Cc1ccccc1)C(=O)N/N=C\c1ccc(OCC(N)=O)cc1. The van der Waals surface area contributed by atoms with Gasteiger partial charge < -0.3 is 20.5 Å². The van der Waals surface area contributed by atoms with Gasteiger partial charge in [-0.1, -0.05) is 53.5 Å². The summed E-state index contributed by atoms with van der Waals surface area (Å²) >= 11 is 12.1. The molecule has 11 heteroatoms. The first-order chi connectivity index (χ1) is 18.2. The number of hydrogen-bond acceptors (Lipinski definition) is 6. The normalized spacial score (nSPS) is 12.4. The molecule has 0 spiro atoms. The number of hydrazone groups is 1. The van der Waals surface area contributed by atoms with Gasteiger partial charge in [0, 0.05) is 11.4 Å². The topological polar surface area (TPSA) is 132 Å². The Kier molecular flexibility index (Phi) is 10.5. The lowest BCUT2D eigenvalue weighted by Gasteiger charge is -2.21. The first kappa shape index (κ1) is 28.5. The van der Waals surface area contributed by atoms with Gasteiger partial charge >= 0.3 is 0 Å². The lowest BCUT2D eigenvalue weighted by Crippen LogP contribution is -2.50. The lowest BCUT2D eigenvalue weighted by atomic mass is 10.1. The van der Waals surface area contributed by atoms with Crippen molar-refractivity contribution in [1.29, 1.82) is 0 Å². The van der Waals surface area contributed by atoms with Crippen LogP contribution in [0.3, 0.4) is 0 Å². The fourth-order valence-electron chi connectivity index (χ4n) is 3.22. The van der Waals surface area contributed by atoms with Crippen LogP contribution in [0, 0.1) is 0 Å². The van der Waals surface area contributed by atoms with Gasteiger partial charge in [-0.25, -0.2) is 5.43 Å². The largest absolute Gasteiger partial charge is 0.484 e. The minimum atomic E-state index is -0.946. The maximum atomic E-state index is 13.0. The molecule has 0 saturated heterocycles. The summed E-state index contributed by atoms with van der Waals surface area (Å²) in [6.45, 7) is 1.32. The van der Waals surface area contributed by atoms with Gasteiger partial charge in [0.2, 0.25) is 0 Å². The van der Waals surface area contributed by atoms with E-state index in [9.17, 15) is 14.4 Å². The summed E-state index contributed by atoms with van der Waals surface area (Å²) in [5, 5.41) is 7.42. The van der Waals surface area contributed by atoms with Gasteiger partial charge in [0.15, 0.2) is 12.7 Å². The number of halogens is 2. The van der Waals surface area contributed by atoms with Crippen molar-refractivity contribution < 1.29 is 23.9 Å². The monoisotopic (exact) mass is 556 g/mol. The Labute approximate surface area is 229 Å². The zero-order valence-electron chi connectivity index (χ0n) is 20.4. The first-order valence-electron chi connectivity index (χ1n) is 11.5. The Morgan fingerprint density at radius 1 is 1.00 bits per heavy atom. The summed E-state index contributed by atoms with van der Waals surface area (Å²) in [6, 6.07) is 19.6. The van der Waals surface area contributed by atoms with E-state index >= 15 is 0 Å². The van der Waals surface area contributed by atoms with Crippen LogP contribution < -0.4 is 25.9 Å². The van der Waals surface area contributed by atoms with Crippen molar-refractivity contribution in [2.75, 3.05) is 6.61 Å². The highest BCUT2D eigenvalue weighted by Crippen LogP contribution is 2.28. The second-order valence-electron chi connectivity index (χ2n) is 8.14. The third-order valence-corrected chi connectivity index (χ3v) is 5.66. The number of ether oxygens (including phenoxy) is 2. The fraction of sp³-hybridized carbons (Fsp3) is 0.185. The van der Waals surface area contributed by atoms with E-state index < -0.39 is 29.9 Å². The fourth-order valence-corrected chi connectivity index (χ4v) is 3.67. The Hall–Kier alpha value is -4.08. The maximum absolute atomic E-state index is 13.0. The summed E-state index contributed by atoms with van der Waals surface area (Å²) in [5.41, 5.74) is 9.04. The molecule has 0 bridgehead atoms. The highest BCUT2D eigenvalue weighted by atomic mass is 35.5. The molecule has 198 valence electrons. The number of carbonyl (C=O) groups is 3. The summed E-state index contributed by atoms with van der Waals surface area (Å²) in [6.07, 6.45) is 0.721. The molecule has 2 atom stereocenters. The molecule has 0 heterocycles. The molecule has 0 fully saturated rings. The van der Waals surface area contributed by atoms with Crippen molar-refractivity contribution in [3.05, 3.63) is 94.0 Å². The number of hydrogen-bond donors (Lipinski definition) is 3. The number of nitrogens with zero attached hydrogens (tertiary/aromatic N) is 1. The Balaban J connectivity index is 1.64. The molecular formula is C27H26Cl2N4O5. The van der Waals surface area contributed by atoms with Gasteiger partial charge in [-0.15, -0.1) is 0 Å². The predicted octanol–water partition coefficient (Wildman–Crippen LogP) is 3.50. The third kappa shape index (κ3) is 9.10. The molecule has 0 saturated carbocycles. The Bertz CT molecular complexity index is 1290. The second-order valence-corrected chi connectivity index (χ2v) is 8.99. The molecule has 3 aromatic rings. The van der Waals surface area contributed by atoms with E-state index in [0.29, 0.717) is 22.1 Å². The minimum absolute atomic E-state index is 0.228. The van der Waals surface area contributed by atoms with Crippen molar-refractivity contribution in [2.24, 2.45) is 10.8 Å². The second kappa shape index (κ2) is 14.0.